The van der Waals surface area contributed by atoms with Crippen molar-refractivity contribution >= 4 is 34.4 Å². The summed E-state index contributed by atoms with van der Waals surface area (Å²) in [5.74, 6) is 1.72. The van der Waals surface area contributed by atoms with Crippen molar-refractivity contribution in [2.45, 2.75) is 38.1 Å². The van der Waals surface area contributed by atoms with Crippen LogP contribution in [-0.4, -0.2) is 51.7 Å². The first-order chi connectivity index (χ1) is 14.5. The molecule has 2 aliphatic heterocycles. The van der Waals surface area contributed by atoms with Crippen LogP contribution in [0.15, 0.2) is 30.6 Å². The van der Waals surface area contributed by atoms with E-state index >= 15 is 0 Å². The van der Waals surface area contributed by atoms with Gasteiger partial charge in [-0.05, 0) is 50.8 Å². The van der Waals surface area contributed by atoms with E-state index in [2.05, 4.69) is 26.7 Å². The molecule has 2 fully saturated rings. The van der Waals surface area contributed by atoms with E-state index in [-0.39, 0.29) is 5.54 Å². The van der Waals surface area contributed by atoms with E-state index in [9.17, 15) is 0 Å². The third-order valence-corrected chi connectivity index (χ3v) is 6.55. The smallest absolute Gasteiger partial charge is 0.178 e. The molecule has 2 aliphatic rings. The van der Waals surface area contributed by atoms with E-state index < -0.39 is 0 Å². The molecule has 0 aliphatic carbocycles. The fourth-order valence-corrected chi connectivity index (χ4v) is 4.55. The molecule has 3 aromatic heterocycles. The summed E-state index contributed by atoms with van der Waals surface area (Å²) >= 11 is 6.73. The monoisotopic (exact) mass is 423 g/mol. The minimum Gasteiger partial charge on any atom is -0.355 e. The van der Waals surface area contributed by atoms with Gasteiger partial charge in [-0.2, -0.15) is 0 Å². The van der Waals surface area contributed by atoms with Crippen LogP contribution in [0.2, 0.25) is 5.02 Å². The summed E-state index contributed by atoms with van der Waals surface area (Å²) in [4.78, 5) is 23.1. The highest BCUT2D eigenvalue weighted by atomic mass is 35.5. The SMILES string of the molecule is CC1(N)CCN(c2cnc3nc(-c4ccnc(N5CCCC5)c4Cl)ccc3n2)CC1. The Morgan fingerprint density at radius 2 is 1.73 bits per heavy atom. The van der Waals surface area contributed by atoms with Gasteiger partial charge >= 0.3 is 0 Å². The summed E-state index contributed by atoms with van der Waals surface area (Å²) in [5, 5.41) is 0.647. The minimum absolute atomic E-state index is 0.0883. The van der Waals surface area contributed by atoms with Gasteiger partial charge in [-0.1, -0.05) is 11.6 Å². The Hall–Kier alpha value is -2.51. The molecule has 0 amide bonds. The average molecular weight is 424 g/mol. The Morgan fingerprint density at radius 1 is 0.967 bits per heavy atom. The number of halogens is 1. The number of anilines is 2. The van der Waals surface area contributed by atoms with Crippen LogP contribution in [-0.2, 0) is 0 Å². The molecule has 7 nitrogen and oxygen atoms in total. The molecule has 2 N–H and O–H groups in total. The summed E-state index contributed by atoms with van der Waals surface area (Å²) < 4.78 is 0. The molecule has 8 heteroatoms. The molecule has 0 aromatic carbocycles. The van der Waals surface area contributed by atoms with Gasteiger partial charge < -0.3 is 15.5 Å². The quantitative estimate of drug-likeness (QED) is 0.688. The van der Waals surface area contributed by atoms with E-state index in [1.54, 1.807) is 6.20 Å². The molecule has 0 atom stereocenters. The molecule has 5 rings (SSSR count). The third-order valence-electron chi connectivity index (χ3n) is 6.17. The molecule has 156 valence electrons. The van der Waals surface area contributed by atoms with E-state index in [0.29, 0.717) is 10.7 Å². The first-order valence-electron chi connectivity index (χ1n) is 10.6. The molecule has 0 bridgehead atoms. The molecule has 30 heavy (non-hydrogen) atoms. The van der Waals surface area contributed by atoms with Gasteiger partial charge in [0, 0.05) is 43.5 Å². The van der Waals surface area contributed by atoms with Crippen LogP contribution in [0.5, 0.6) is 0 Å². The predicted octanol–water partition coefficient (Wildman–Crippen LogP) is 3.66. The lowest BCUT2D eigenvalue weighted by Crippen LogP contribution is -2.48. The second-order valence-corrected chi connectivity index (χ2v) is 8.98. The number of hydrogen-bond acceptors (Lipinski definition) is 7. The van der Waals surface area contributed by atoms with Crippen LogP contribution in [0, 0.1) is 0 Å². The Bertz CT molecular complexity index is 1070. The predicted molar refractivity (Wildman–Crippen MR) is 121 cm³/mol. The average Bonchev–Trinajstić information content (AvgIpc) is 3.28. The maximum atomic E-state index is 6.73. The van der Waals surface area contributed by atoms with Crippen molar-refractivity contribution in [3.05, 3.63) is 35.6 Å². The molecule has 0 radical (unpaired) electrons. The normalized spacial score (nSPS) is 18.9. The first kappa shape index (κ1) is 19.5. The number of nitrogens with zero attached hydrogens (tertiary/aromatic N) is 6. The Morgan fingerprint density at radius 3 is 2.50 bits per heavy atom. The van der Waals surface area contributed by atoms with Crippen molar-refractivity contribution in [2.24, 2.45) is 5.73 Å². The van der Waals surface area contributed by atoms with Gasteiger partial charge in [0.1, 0.15) is 17.2 Å². The van der Waals surface area contributed by atoms with Gasteiger partial charge in [0.15, 0.2) is 5.65 Å². The molecule has 5 heterocycles. The number of aromatic nitrogens is 4. The van der Waals surface area contributed by atoms with Gasteiger partial charge in [0.25, 0.3) is 0 Å². The van der Waals surface area contributed by atoms with Gasteiger partial charge in [-0.25, -0.2) is 19.9 Å². The van der Waals surface area contributed by atoms with Crippen molar-refractivity contribution in [1.29, 1.82) is 0 Å². The van der Waals surface area contributed by atoms with Crippen LogP contribution >= 0.6 is 11.6 Å². The fraction of sp³-hybridized carbons (Fsp3) is 0.455. The van der Waals surface area contributed by atoms with Crippen LogP contribution < -0.4 is 15.5 Å². The van der Waals surface area contributed by atoms with Gasteiger partial charge in [-0.3, -0.25) is 0 Å². The second kappa shape index (κ2) is 7.63. The number of nitrogens with two attached hydrogens (primary N) is 1. The third kappa shape index (κ3) is 3.68. The lowest BCUT2D eigenvalue weighted by atomic mass is 9.91. The fourth-order valence-electron chi connectivity index (χ4n) is 4.22. The zero-order valence-electron chi connectivity index (χ0n) is 17.2. The van der Waals surface area contributed by atoms with Crippen LogP contribution in [0.3, 0.4) is 0 Å². The maximum Gasteiger partial charge on any atom is 0.178 e. The molecule has 3 aromatic rings. The Balaban J connectivity index is 1.44. The molecule has 0 unspecified atom stereocenters. The topological polar surface area (TPSA) is 84.1 Å². The molecular formula is C22H26ClN7. The van der Waals surface area contributed by atoms with E-state index in [1.165, 1.54) is 12.8 Å². The Labute approximate surface area is 181 Å². The van der Waals surface area contributed by atoms with E-state index in [4.69, 9.17) is 27.3 Å². The summed E-state index contributed by atoms with van der Waals surface area (Å²) in [6.45, 7) is 5.89. The van der Waals surface area contributed by atoms with Crippen molar-refractivity contribution in [3.63, 3.8) is 0 Å². The standard InChI is InChI=1S/C22H26ClN7/c1-22(24)7-12-29(13-8-22)18-14-26-20-17(27-18)5-4-16(28-20)15-6-9-25-21(19(15)23)30-10-2-3-11-30/h4-6,9,14H,2-3,7-8,10-13,24H2,1H3. The van der Waals surface area contributed by atoms with E-state index in [0.717, 1.165) is 67.4 Å². The minimum atomic E-state index is -0.0883. The van der Waals surface area contributed by atoms with Gasteiger partial charge in [0.2, 0.25) is 0 Å². The van der Waals surface area contributed by atoms with E-state index in [1.807, 2.05) is 24.4 Å². The number of fused-ring (bicyclic) bond motifs is 1. The summed E-state index contributed by atoms with van der Waals surface area (Å²) in [6, 6.07) is 5.84. The van der Waals surface area contributed by atoms with Crippen molar-refractivity contribution in [2.75, 3.05) is 36.0 Å². The van der Waals surface area contributed by atoms with Crippen LogP contribution in [0.1, 0.15) is 32.6 Å². The lowest BCUT2D eigenvalue weighted by molar-refractivity contribution is 0.363. The highest BCUT2D eigenvalue weighted by Gasteiger charge is 2.27. The van der Waals surface area contributed by atoms with Crippen molar-refractivity contribution < 1.29 is 0 Å². The highest BCUT2D eigenvalue weighted by molar-refractivity contribution is 6.35. The second-order valence-electron chi connectivity index (χ2n) is 8.60. The largest absolute Gasteiger partial charge is 0.355 e. The van der Waals surface area contributed by atoms with Crippen molar-refractivity contribution in [1.82, 2.24) is 19.9 Å². The summed E-state index contributed by atoms with van der Waals surface area (Å²) in [5.41, 5.74) is 9.22. The van der Waals surface area contributed by atoms with Gasteiger partial charge in [0.05, 0.1) is 16.9 Å². The number of rotatable bonds is 3. The Kier molecular flexibility index (Phi) is 4.95. The molecule has 2 saturated heterocycles. The van der Waals surface area contributed by atoms with Crippen LogP contribution in [0.25, 0.3) is 22.4 Å². The highest BCUT2D eigenvalue weighted by Crippen LogP contribution is 2.35. The molecule has 0 spiro atoms. The maximum absolute atomic E-state index is 6.73. The number of hydrogen-bond donors (Lipinski definition) is 1. The summed E-state index contributed by atoms with van der Waals surface area (Å²) in [6.07, 6.45) is 7.86. The van der Waals surface area contributed by atoms with Crippen LogP contribution in [0.4, 0.5) is 11.6 Å². The summed E-state index contributed by atoms with van der Waals surface area (Å²) in [7, 11) is 0. The zero-order chi connectivity index (χ0) is 20.7. The number of piperidine rings is 1. The number of pyridine rings is 2. The van der Waals surface area contributed by atoms with Crippen molar-refractivity contribution in [3.8, 4) is 11.3 Å². The molecule has 0 saturated carbocycles. The molecular weight excluding hydrogens is 398 g/mol. The van der Waals surface area contributed by atoms with Gasteiger partial charge in [-0.15, -0.1) is 0 Å². The first-order valence-corrected chi connectivity index (χ1v) is 11.0. The zero-order valence-corrected chi connectivity index (χ0v) is 17.9. The lowest BCUT2D eigenvalue weighted by Gasteiger charge is -2.37.